The largest absolute Gasteiger partial charge is 0.341 e. The molecule has 21 heavy (non-hydrogen) atoms. The molecule has 5 heteroatoms. The van der Waals surface area contributed by atoms with E-state index in [9.17, 15) is 9.59 Å². The number of amides is 1. The molecule has 1 amide bonds. The van der Waals surface area contributed by atoms with Gasteiger partial charge in [-0.25, -0.2) is 4.68 Å². The third-order valence-electron chi connectivity index (χ3n) is 4.30. The van der Waals surface area contributed by atoms with Gasteiger partial charge in [-0.3, -0.25) is 9.59 Å². The molecule has 1 aliphatic rings. The smallest absolute Gasteiger partial charge is 0.267 e. The first-order valence-corrected chi connectivity index (χ1v) is 7.88. The fourth-order valence-corrected chi connectivity index (χ4v) is 2.93. The lowest BCUT2D eigenvalue weighted by molar-refractivity contribution is -0.133. The van der Waals surface area contributed by atoms with E-state index in [0.717, 1.165) is 18.5 Å². The number of nitrogens with zero attached hydrogens (tertiary/aromatic N) is 3. The van der Waals surface area contributed by atoms with Gasteiger partial charge in [-0.1, -0.05) is 32.1 Å². The lowest BCUT2D eigenvalue weighted by atomic mass is 9.96. The van der Waals surface area contributed by atoms with E-state index in [4.69, 9.17) is 0 Å². The van der Waals surface area contributed by atoms with E-state index < -0.39 is 0 Å². The molecule has 2 rings (SSSR count). The Morgan fingerprint density at radius 2 is 1.86 bits per heavy atom. The predicted octanol–water partition coefficient (Wildman–Crippen LogP) is 2.12. The number of aryl methyl sites for hydroxylation is 1. The number of hydrogen-bond acceptors (Lipinski definition) is 3. The summed E-state index contributed by atoms with van der Waals surface area (Å²) in [6.45, 7) is 1.85. The van der Waals surface area contributed by atoms with E-state index >= 15 is 0 Å². The summed E-state index contributed by atoms with van der Waals surface area (Å²) in [7, 11) is 1.86. The van der Waals surface area contributed by atoms with E-state index in [2.05, 4.69) is 5.10 Å². The zero-order valence-electron chi connectivity index (χ0n) is 13.0. The first kappa shape index (κ1) is 15.7. The van der Waals surface area contributed by atoms with Crippen molar-refractivity contribution in [3.8, 4) is 0 Å². The molecule has 0 N–H and O–H groups in total. The van der Waals surface area contributed by atoms with Gasteiger partial charge in [0.05, 0.1) is 5.69 Å². The quantitative estimate of drug-likeness (QED) is 0.857. The van der Waals surface area contributed by atoms with E-state index in [-0.39, 0.29) is 18.0 Å². The lowest BCUT2D eigenvalue weighted by Gasteiger charge is -2.29. The molecule has 0 aromatic carbocycles. The molecule has 0 saturated heterocycles. The first-order valence-electron chi connectivity index (χ1n) is 7.88. The predicted molar refractivity (Wildman–Crippen MR) is 82.1 cm³/mol. The molecule has 0 atom stereocenters. The third-order valence-corrected chi connectivity index (χ3v) is 4.30. The summed E-state index contributed by atoms with van der Waals surface area (Å²) in [5.41, 5.74) is 0.524. The summed E-state index contributed by atoms with van der Waals surface area (Å²) < 4.78 is 1.26. The highest BCUT2D eigenvalue weighted by molar-refractivity contribution is 5.75. The average Bonchev–Trinajstić information content (AvgIpc) is 2.42. The Labute approximate surface area is 126 Å². The topological polar surface area (TPSA) is 55.2 Å². The lowest BCUT2D eigenvalue weighted by Crippen LogP contribution is -2.41. The van der Waals surface area contributed by atoms with Crippen molar-refractivity contribution < 1.29 is 4.79 Å². The van der Waals surface area contributed by atoms with Gasteiger partial charge < -0.3 is 4.90 Å². The van der Waals surface area contributed by atoms with E-state index in [1.807, 2.05) is 18.9 Å². The summed E-state index contributed by atoms with van der Waals surface area (Å²) in [6.07, 6.45) is 8.34. The van der Waals surface area contributed by atoms with Crippen LogP contribution in [0.1, 0.15) is 50.6 Å². The average molecular weight is 291 g/mol. The van der Waals surface area contributed by atoms with Crippen molar-refractivity contribution in [1.82, 2.24) is 14.7 Å². The second-order valence-electron chi connectivity index (χ2n) is 5.97. The third kappa shape index (κ3) is 4.41. The Morgan fingerprint density at radius 3 is 2.52 bits per heavy atom. The van der Waals surface area contributed by atoms with Crippen LogP contribution in [0, 0.1) is 6.92 Å². The van der Waals surface area contributed by atoms with Gasteiger partial charge in [0.15, 0.2) is 0 Å². The Bertz CT molecular complexity index is 531. The van der Waals surface area contributed by atoms with Crippen molar-refractivity contribution in [2.45, 2.75) is 64.5 Å². The van der Waals surface area contributed by atoms with Crippen LogP contribution >= 0.6 is 0 Å². The maximum atomic E-state index is 12.4. The SMILES string of the molecule is Cc1ccc(=O)n(CC(=O)N(C)C2CCCCCCC2)n1. The van der Waals surface area contributed by atoms with E-state index in [1.165, 1.54) is 42.9 Å². The van der Waals surface area contributed by atoms with Crippen LogP contribution < -0.4 is 5.56 Å². The number of rotatable bonds is 3. The van der Waals surface area contributed by atoms with Crippen molar-refractivity contribution in [3.63, 3.8) is 0 Å². The molecule has 1 aliphatic carbocycles. The molecule has 1 heterocycles. The Hall–Kier alpha value is -1.65. The molecular weight excluding hydrogens is 266 g/mol. The van der Waals surface area contributed by atoms with Crippen LogP contribution in [0.2, 0.25) is 0 Å². The second-order valence-corrected chi connectivity index (χ2v) is 5.97. The molecule has 1 aromatic heterocycles. The minimum atomic E-state index is -0.222. The molecule has 0 spiro atoms. The van der Waals surface area contributed by atoms with Gasteiger partial charge in [-0.2, -0.15) is 5.10 Å². The summed E-state index contributed by atoms with van der Waals surface area (Å²) >= 11 is 0. The number of likely N-dealkylation sites (N-methyl/N-ethyl adjacent to an activating group) is 1. The zero-order valence-corrected chi connectivity index (χ0v) is 13.0. The molecule has 5 nitrogen and oxygen atoms in total. The number of carbonyl (C=O) groups is 1. The van der Waals surface area contributed by atoms with Crippen molar-refractivity contribution in [2.75, 3.05) is 7.05 Å². The van der Waals surface area contributed by atoms with Crippen molar-refractivity contribution in [1.29, 1.82) is 0 Å². The Balaban J connectivity index is 2.01. The highest BCUT2D eigenvalue weighted by atomic mass is 16.2. The summed E-state index contributed by atoms with van der Waals surface area (Å²) in [4.78, 5) is 26.0. The van der Waals surface area contributed by atoms with Gasteiger partial charge >= 0.3 is 0 Å². The van der Waals surface area contributed by atoms with Crippen molar-refractivity contribution in [3.05, 3.63) is 28.2 Å². The van der Waals surface area contributed by atoms with Crippen LogP contribution in [-0.2, 0) is 11.3 Å². The molecule has 1 fully saturated rings. The van der Waals surface area contributed by atoms with Gasteiger partial charge in [-0.05, 0) is 25.8 Å². The van der Waals surface area contributed by atoms with Crippen LogP contribution in [0.3, 0.4) is 0 Å². The Kier molecular flexibility index (Phi) is 5.53. The maximum absolute atomic E-state index is 12.4. The minimum absolute atomic E-state index is 0.0271. The van der Waals surface area contributed by atoms with Crippen molar-refractivity contribution in [2.24, 2.45) is 0 Å². The molecule has 0 bridgehead atoms. The van der Waals surface area contributed by atoms with E-state index in [1.54, 1.807) is 6.07 Å². The number of hydrogen-bond donors (Lipinski definition) is 0. The van der Waals surface area contributed by atoms with Crippen LogP contribution in [0.25, 0.3) is 0 Å². The molecule has 1 saturated carbocycles. The highest BCUT2D eigenvalue weighted by Gasteiger charge is 2.21. The van der Waals surface area contributed by atoms with Crippen LogP contribution in [-0.4, -0.2) is 33.7 Å². The zero-order chi connectivity index (χ0) is 15.2. The fourth-order valence-electron chi connectivity index (χ4n) is 2.93. The van der Waals surface area contributed by atoms with Gasteiger partial charge in [0.25, 0.3) is 5.56 Å². The maximum Gasteiger partial charge on any atom is 0.267 e. The van der Waals surface area contributed by atoms with Crippen LogP contribution in [0.5, 0.6) is 0 Å². The number of carbonyl (C=O) groups excluding carboxylic acids is 1. The van der Waals surface area contributed by atoms with Crippen LogP contribution in [0.15, 0.2) is 16.9 Å². The molecule has 0 unspecified atom stereocenters. The highest BCUT2D eigenvalue weighted by Crippen LogP contribution is 2.20. The first-order chi connectivity index (χ1) is 10.1. The normalized spacial score (nSPS) is 17.0. The van der Waals surface area contributed by atoms with Gasteiger partial charge in [0, 0.05) is 19.2 Å². The summed E-state index contributed by atoms with van der Waals surface area (Å²) in [6, 6.07) is 3.44. The summed E-state index contributed by atoms with van der Waals surface area (Å²) in [5.74, 6) is -0.0271. The molecule has 0 aliphatic heterocycles. The minimum Gasteiger partial charge on any atom is -0.341 e. The van der Waals surface area contributed by atoms with Gasteiger partial charge in [-0.15, -0.1) is 0 Å². The van der Waals surface area contributed by atoms with Gasteiger partial charge in [0.1, 0.15) is 6.54 Å². The number of aromatic nitrogens is 2. The van der Waals surface area contributed by atoms with E-state index in [0.29, 0.717) is 6.04 Å². The summed E-state index contributed by atoms with van der Waals surface area (Å²) in [5, 5.41) is 4.13. The molecule has 116 valence electrons. The van der Waals surface area contributed by atoms with Crippen LogP contribution in [0.4, 0.5) is 0 Å². The molecule has 1 aromatic rings. The fraction of sp³-hybridized carbons (Fsp3) is 0.688. The monoisotopic (exact) mass is 291 g/mol. The molecule has 0 radical (unpaired) electrons. The standard InChI is InChI=1S/C16H25N3O2/c1-13-10-11-15(20)19(17-13)12-16(21)18(2)14-8-6-4-3-5-7-9-14/h10-11,14H,3-9,12H2,1-2H3. The molecular formula is C16H25N3O2. The van der Waals surface area contributed by atoms with Crippen molar-refractivity contribution >= 4 is 5.91 Å². The van der Waals surface area contributed by atoms with Gasteiger partial charge in [0.2, 0.25) is 5.91 Å². The second kappa shape index (κ2) is 7.38. The Morgan fingerprint density at radius 1 is 1.24 bits per heavy atom.